The molecule has 3 saturated carbocycles. The maximum Gasteiger partial charge on any atom is 0.338 e. The third-order valence-electron chi connectivity index (χ3n) is 14.8. The van der Waals surface area contributed by atoms with E-state index >= 15 is 0 Å². The van der Waals surface area contributed by atoms with Crippen LogP contribution in [-0.4, -0.2) is 66.4 Å². The van der Waals surface area contributed by atoms with E-state index in [4.69, 9.17) is 23.7 Å². The van der Waals surface area contributed by atoms with Crippen LogP contribution in [0.5, 0.6) is 0 Å². The monoisotopic (exact) mass is 708 g/mol. The molecule has 3 unspecified atom stereocenters. The van der Waals surface area contributed by atoms with Crippen LogP contribution in [0.25, 0.3) is 0 Å². The Hall–Kier alpha value is -2.75. The lowest BCUT2D eigenvalue weighted by Gasteiger charge is -2.70. The van der Waals surface area contributed by atoms with Gasteiger partial charge >= 0.3 is 17.9 Å². The fourth-order valence-electron chi connectivity index (χ4n) is 12.3. The minimum atomic E-state index is -1.14. The van der Waals surface area contributed by atoms with Crippen LogP contribution in [0.3, 0.4) is 0 Å². The summed E-state index contributed by atoms with van der Waals surface area (Å²) in [5.41, 5.74) is -1.00. The van der Waals surface area contributed by atoms with E-state index in [1.165, 1.54) is 19.4 Å². The third kappa shape index (κ3) is 5.88. The molecule has 0 bridgehead atoms. The first kappa shape index (κ1) is 38.0. The van der Waals surface area contributed by atoms with Crippen molar-refractivity contribution in [3.63, 3.8) is 0 Å². The van der Waals surface area contributed by atoms with Crippen molar-refractivity contribution in [1.29, 1.82) is 0 Å². The van der Waals surface area contributed by atoms with Crippen molar-refractivity contribution >= 4 is 17.9 Å². The number of hydrogen-bond donors (Lipinski definition) is 1. The summed E-state index contributed by atoms with van der Waals surface area (Å²) in [6.07, 6.45) is 6.12. The molecule has 4 fully saturated rings. The number of esters is 3. The summed E-state index contributed by atoms with van der Waals surface area (Å²) < 4.78 is 31.2. The number of carbonyl (C=O) groups is 3. The summed E-state index contributed by atoms with van der Waals surface area (Å²) in [6.45, 7) is 18.2. The van der Waals surface area contributed by atoms with Crippen LogP contribution in [0.1, 0.15) is 118 Å². The van der Waals surface area contributed by atoms with E-state index in [2.05, 4.69) is 40.7 Å². The Balaban J connectivity index is 1.36. The molecule has 0 amide bonds. The summed E-state index contributed by atoms with van der Waals surface area (Å²) >= 11 is 0. The summed E-state index contributed by atoms with van der Waals surface area (Å²) in [5, 5.41) is 10.9. The van der Waals surface area contributed by atoms with E-state index in [1.807, 2.05) is 18.2 Å². The van der Waals surface area contributed by atoms with Crippen LogP contribution in [0, 0.1) is 45.3 Å². The summed E-state index contributed by atoms with van der Waals surface area (Å²) in [6, 6.07) is 8.99. The number of ether oxygens (including phenoxy) is 5. The van der Waals surface area contributed by atoms with E-state index in [0.29, 0.717) is 37.4 Å². The second-order valence-electron chi connectivity index (χ2n) is 18.0. The highest BCUT2D eigenvalue weighted by Crippen LogP contribution is 2.74. The fraction of sp³-hybridized carbons (Fsp3) is 0.738. The molecule has 9 nitrogen and oxygen atoms in total. The van der Waals surface area contributed by atoms with E-state index in [-0.39, 0.29) is 35.1 Å². The molecule has 51 heavy (non-hydrogen) atoms. The van der Waals surface area contributed by atoms with E-state index in [0.717, 1.165) is 25.7 Å². The summed E-state index contributed by atoms with van der Waals surface area (Å²) in [7, 11) is 1.61. The molecule has 1 N–H and O–H groups in total. The maximum atomic E-state index is 13.4. The molecule has 6 rings (SSSR count). The molecule has 1 aliphatic heterocycles. The number of allylic oxidation sites excluding steroid dienone is 1. The van der Waals surface area contributed by atoms with Crippen molar-refractivity contribution in [2.75, 3.05) is 13.7 Å². The number of aliphatic hydroxyl groups is 1. The largest absolute Gasteiger partial charge is 0.462 e. The molecule has 282 valence electrons. The van der Waals surface area contributed by atoms with Crippen molar-refractivity contribution in [3.05, 3.63) is 47.5 Å². The van der Waals surface area contributed by atoms with Crippen LogP contribution in [0.4, 0.5) is 0 Å². The van der Waals surface area contributed by atoms with E-state index in [9.17, 15) is 19.5 Å². The smallest absolute Gasteiger partial charge is 0.338 e. The number of benzene rings is 1. The Bertz CT molecular complexity index is 1530. The van der Waals surface area contributed by atoms with Gasteiger partial charge in [0.15, 0.2) is 5.79 Å². The van der Waals surface area contributed by atoms with Gasteiger partial charge in [0.1, 0.15) is 23.9 Å². The summed E-state index contributed by atoms with van der Waals surface area (Å²) in [5.74, 6) is -1.57. The lowest BCUT2D eigenvalue weighted by molar-refractivity contribution is -0.326. The zero-order valence-electron chi connectivity index (χ0n) is 32.4. The predicted octanol–water partition coefficient (Wildman–Crippen LogP) is 7.44. The molecule has 11 atom stereocenters. The second kappa shape index (κ2) is 13.0. The lowest BCUT2D eigenvalue weighted by atomic mass is 9.36. The highest BCUT2D eigenvalue weighted by Gasteiger charge is 2.73. The van der Waals surface area contributed by atoms with Crippen LogP contribution < -0.4 is 0 Å². The van der Waals surface area contributed by atoms with Gasteiger partial charge in [-0.2, -0.15) is 0 Å². The molecule has 1 aromatic rings. The Morgan fingerprint density at radius 2 is 1.49 bits per heavy atom. The van der Waals surface area contributed by atoms with Gasteiger partial charge in [-0.15, -0.1) is 0 Å². The minimum absolute atomic E-state index is 0.0273. The topological polar surface area (TPSA) is 118 Å². The van der Waals surface area contributed by atoms with Gasteiger partial charge in [-0.3, -0.25) is 9.59 Å². The molecule has 0 spiro atoms. The van der Waals surface area contributed by atoms with E-state index in [1.54, 1.807) is 33.1 Å². The molecule has 1 saturated heterocycles. The van der Waals surface area contributed by atoms with Gasteiger partial charge in [-0.25, -0.2) is 4.79 Å². The van der Waals surface area contributed by atoms with Crippen LogP contribution in [0.2, 0.25) is 0 Å². The molecule has 1 aromatic carbocycles. The Morgan fingerprint density at radius 1 is 0.843 bits per heavy atom. The quantitative estimate of drug-likeness (QED) is 0.175. The van der Waals surface area contributed by atoms with Crippen LogP contribution >= 0.6 is 0 Å². The van der Waals surface area contributed by atoms with Crippen LogP contribution in [0.15, 0.2) is 42.0 Å². The standard InChI is InChI=1S/C42H60O9/c1-25(43)49-34-22-32-37(3,4)33(51-36(45)27-14-12-11-13-15-27)23-35(50-26(2)44)41(32,9)31-19-20-39(7)29(16-17-30(39)40(31,34)8)28-18-21-42(47-10,48-24-28)38(5,6)46/h11-15,17,28-29,31-35,46H,16,18-24H2,1-10H3/t28-,29+,31?,32?,33?,34-,35+,39+,40+,41-,42-/m1/s1. The average molecular weight is 709 g/mol. The number of rotatable bonds is 7. The molecule has 4 aliphatic carbocycles. The van der Waals surface area contributed by atoms with Crippen molar-refractivity contribution in [3.8, 4) is 0 Å². The third-order valence-corrected chi connectivity index (χ3v) is 14.8. The van der Waals surface area contributed by atoms with Crippen molar-refractivity contribution < 1.29 is 43.2 Å². The fourth-order valence-corrected chi connectivity index (χ4v) is 12.3. The number of methoxy groups -OCH3 is 1. The second-order valence-corrected chi connectivity index (χ2v) is 18.0. The van der Waals surface area contributed by atoms with Crippen molar-refractivity contribution in [2.24, 2.45) is 45.3 Å². The maximum absolute atomic E-state index is 13.4. The zero-order valence-corrected chi connectivity index (χ0v) is 32.4. The van der Waals surface area contributed by atoms with Gasteiger partial charge in [0, 0.05) is 50.0 Å². The molecular weight excluding hydrogens is 648 g/mol. The first-order valence-electron chi connectivity index (χ1n) is 19.0. The normalized spacial score (nSPS) is 41.6. The molecule has 0 aromatic heterocycles. The van der Waals surface area contributed by atoms with Crippen LogP contribution in [-0.2, 0) is 33.3 Å². The van der Waals surface area contributed by atoms with Crippen molar-refractivity contribution in [2.45, 2.75) is 137 Å². The minimum Gasteiger partial charge on any atom is -0.462 e. The van der Waals surface area contributed by atoms with E-state index < -0.39 is 51.9 Å². The number of fused-ring (bicyclic) bond motifs is 5. The summed E-state index contributed by atoms with van der Waals surface area (Å²) in [4.78, 5) is 39.2. The molecule has 5 aliphatic rings. The predicted molar refractivity (Wildman–Crippen MR) is 191 cm³/mol. The van der Waals surface area contributed by atoms with Gasteiger partial charge in [0.2, 0.25) is 0 Å². The molecular formula is C42H60O9. The SMILES string of the molecule is CO[C@]1(C(C)(C)O)CC[C@@H]([C@@H]2CC=C3[C@@]4(C)C(CC[C@]32C)[C@]2(C)C(C[C@H]4OC(C)=O)C(C)(C)C(OC(=O)c3ccccc3)C[C@@H]2OC(C)=O)CO1. The lowest BCUT2D eigenvalue weighted by Crippen LogP contribution is -2.70. The van der Waals surface area contributed by atoms with Gasteiger partial charge in [0.25, 0.3) is 0 Å². The molecule has 1 heterocycles. The number of carbonyl (C=O) groups excluding carboxylic acids is 3. The Labute approximate surface area is 304 Å². The Kier molecular flexibility index (Phi) is 9.67. The first-order chi connectivity index (χ1) is 23.8. The van der Waals surface area contributed by atoms with Gasteiger partial charge < -0.3 is 28.8 Å². The first-order valence-corrected chi connectivity index (χ1v) is 19.0. The molecule has 0 radical (unpaired) electrons. The average Bonchev–Trinajstić information content (AvgIpc) is 3.42. The highest BCUT2D eigenvalue weighted by atomic mass is 16.7. The number of hydrogen-bond acceptors (Lipinski definition) is 9. The molecule has 9 heteroatoms. The Morgan fingerprint density at radius 3 is 2.06 bits per heavy atom. The van der Waals surface area contributed by atoms with Gasteiger partial charge in [0.05, 0.1) is 12.2 Å². The van der Waals surface area contributed by atoms with Crippen molar-refractivity contribution in [1.82, 2.24) is 0 Å². The van der Waals surface area contributed by atoms with Gasteiger partial charge in [-0.1, -0.05) is 64.5 Å². The highest BCUT2D eigenvalue weighted by molar-refractivity contribution is 5.89. The zero-order chi connectivity index (χ0) is 37.4. The van der Waals surface area contributed by atoms with Gasteiger partial charge in [-0.05, 0) is 87.2 Å².